The molecule has 12 heavy (non-hydrogen) atoms. The second-order valence-electron chi connectivity index (χ2n) is 2.84. The fourth-order valence-electron chi connectivity index (χ4n) is 1.35. The number of carbonyl (C=O) groups excluding carboxylic acids is 1. The van der Waals surface area contributed by atoms with Crippen LogP contribution < -0.4 is 5.73 Å². The number of aryl methyl sites for hydroxylation is 1. The minimum atomic E-state index is -0.379. The SMILES string of the molecule is NC1CCc2nnn(P)c2C1=O. The van der Waals surface area contributed by atoms with E-state index in [1.165, 1.54) is 4.45 Å². The molecular formula is C6H9N4OP. The van der Waals surface area contributed by atoms with Gasteiger partial charge in [-0.1, -0.05) is 5.21 Å². The number of ketones is 1. The molecule has 1 aliphatic rings. The van der Waals surface area contributed by atoms with Crippen molar-refractivity contribution in [3.63, 3.8) is 0 Å². The van der Waals surface area contributed by atoms with E-state index in [-0.39, 0.29) is 11.8 Å². The van der Waals surface area contributed by atoms with Crippen molar-refractivity contribution in [2.75, 3.05) is 0 Å². The van der Waals surface area contributed by atoms with E-state index in [9.17, 15) is 4.79 Å². The smallest absolute Gasteiger partial charge is 0.199 e. The summed E-state index contributed by atoms with van der Waals surface area (Å²) in [6, 6.07) is -0.379. The summed E-state index contributed by atoms with van der Waals surface area (Å²) in [5, 5.41) is 7.59. The Morgan fingerprint density at radius 1 is 1.67 bits per heavy atom. The van der Waals surface area contributed by atoms with Crippen molar-refractivity contribution in [2.24, 2.45) is 5.73 Å². The van der Waals surface area contributed by atoms with Crippen LogP contribution in [0.15, 0.2) is 0 Å². The van der Waals surface area contributed by atoms with Crippen LogP contribution in [0.25, 0.3) is 0 Å². The van der Waals surface area contributed by atoms with Gasteiger partial charge in [-0.15, -0.1) is 5.10 Å². The fourth-order valence-corrected chi connectivity index (χ4v) is 1.68. The maximum Gasteiger partial charge on any atom is 0.199 e. The Bertz CT molecular complexity index is 334. The summed E-state index contributed by atoms with van der Waals surface area (Å²) in [4.78, 5) is 11.5. The molecule has 0 aromatic carbocycles. The van der Waals surface area contributed by atoms with Crippen LogP contribution >= 0.6 is 9.39 Å². The highest BCUT2D eigenvalue weighted by molar-refractivity contribution is 7.14. The van der Waals surface area contributed by atoms with Gasteiger partial charge in [0, 0.05) is 0 Å². The van der Waals surface area contributed by atoms with E-state index in [1.54, 1.807) is 0 Å². The maximum atomic E-state index is 11.5. The van der Waals surface area contributed by atoms with E-state index < -0.39 is 0 Å². The van der Waals surface area contributed by atoms with Crippen LogP contribution in [0.5, 0.6) is 0 Å². The number of hydrogen-bond donors (Lipinski definition) is 1. The molecule has 0 saturated carbocycles. The van der Waals surface area contributed by atoms with Gasteiger partial charge in [0.05, 0.1) is 11.7 Å². The van der Waals surface area contributed by atoms with Gasteiger partial charge in [-0.3, -0.25) is 4.79 Å². The summed E-state index contributed by atoms with van der Waals surface area (Å²) in [5.74, 6) is -0.0590. The number of hydrogen-bond acceptors (Lipinski definition) is 4. The lowest BCUT2D eigenvalue weighted by molar-refractivity contribution is 0.0942. The maximum absolute atomic E-state index is 11.5. The largest absolute Gasteiger partial charge is 0.321 e. The fraction of sp³-hybridized carbons (Fsp3) is 0.500. The molecular weight excluding hydrogens is 175 g/mol. The number of carbonyl (C=O) groups is 1. The van der Waals surface area contributed by atoms with E-state index in [4.69, 9.17) is 5.73 Å². The van der Waals surface area contributed by atoms with Crippen molar-refractivity contribution in [2.45, 2.75) is 18.9 Å². The minimum Gasteiger partial charge on any atom is -0.321 e. The molecule has 1 aromatic rings. The zero-order valence-electron chi connectivity index (χ0n) is 6.40. The number of nitrogens with zero attached hydrogens (tertiary/aromatic N) is 3. The van der Waals surface area contributed by atoms with Gasteiger partial charge in [-0.25, -0.2) is 4.45 Å². The van der Waals surface area contributed by atoms with Crippen LogP contribution in [0.1, 0.15) is 22.6 Å². The first-order valence-corrected chi connectivity index (χ1v) is 4.21. The molecule has 5 nitrogen and oxygen atoms in total. The van der Waals surface area contributed by atoms with Gasteiger partial charge in [-0.2, -0.15) is 0 Å². The van der Waals surface area contributed by atoms with E-state index in [0.717, 1.165) is 12.1 Å². The summed E-state index contributed by atoms with van der Waals surface area (Å²) in [6.07, 6.45) is 1.42. The van der Waals surface area contributed by atoms with Crippen molar-refractivity contribution in [1.82, 2.24) is 14.8 Å². The molecule has 2 atom stereocenters. The molecule has 1 aromatic heterocycles. The van der Waals surface area contributed by atoms with Crippen molar-refractivity contribution >= 4 is 15.2 Å². The zero-order chi connectivity index (χ0) is 8.72. The third-order valence-electron chi connectivity index (χ3n) is 2.03. The van der Waals surface area contributed by atoms with Gasteiger partial charge in [0.2, 0.25) is 0 Å². The van der Waals surface area contributed by atoms with E-state index in [1.807, 2.05) is 0 Å². The topological polar surface area (TPSA) is 73.8 Å². The molecule has 0 bridgehead atoms. The quantitative estimate of drug-likeness (QED) is 0.545. The van der Waals surface area contributed by atoms with Gasteiger partial charge >= 0.3 is 0 Å². The number of rotatable bonds is 0. The molecule has 0 amide bonds. The van der Waals surface area contributed by atoms with E-state index >= 15 is 0 Å². The van der Waals surface area contributed by atoms with Crippen LogP contribution in [0.4, 0.5) is 0 Å². The van der Waals surface area contributed by atoms with Crippen molar-refractivity contribution in [3.05, 3.63) is 11.4 Å². The van der Waals surface area contributed by atoms with Crippen LogP contribution in [-0.4, -0.2) is 26.6 Å². The molecule has 0 aliphatic heterocycles. The summed E-state index contributed by atoms with van der Waals surface area (Å²) in [7, 11) is 2.32. The lowest BCUT2D eigenvalue weighted by atomic mass is 9.96. The Kier molecular flexibility index (Phi) is 1.70. The van der Waals surface area contributed by atoms with Gasteiger partial charge in [-0.05, 0) is 22.2 Å². The number of fused-ring (bicyclic) bond motifs is 1. The van der Waals surface area contributed by atoms with Crippen molar-refractivity contribution < 1.29 is 4.79 Å². The lowest BCUT2D eigenvalue weighted by Crippen LogP contribution is -2.35. The van der Waals surface area contributed by atoms with E-state index in [2.05, 4.69) is 19.7 Å². The highest BCUT2D eigenvalue weighted by Gasteiger charge is 2.28. The summed E-state index contributed by atoms with van der Waals surface area (Å²) in [5.41, 5.74) is 6.89. The second-order valence-corrected chi connectivity index (χ2v) is 3.33. The first-order valence-electron chi connectivity index (χ1n) is 3.69. The van der Waals surface area contributed by atoms with Crippen LogP contribution in [-0.2, 0) is 6.42 Å². The minimum absolute atomic E-state index is 0.0590. The number of nitrogens with two attached hydrogens (primary N) is 1. The predicted octanol–water partition coefficient (Wildman–Crippen LogP) is -0.628. The molecule has 2 rings (SSSR count). The lowest BCUT2D eigenvalue weighted by Gasteiger charge is -2.15. The second kappa shape index (κ2) is 2.61. The highest BCUT2D eigenvalue weighted by Crippen LogP contribution is 2.19. The third kappa shape index (κ3) is 0.974. The average molecular weight is 184 g/mol. The van der Waals surface area contributed by atoms with Crippen LogP contribution in [0.3, 0.4) is 0 Å². The third-order valence-corrected chi connectivity index (χ3v) is 2.39. The monoisotopic (exact) mass is 184 g/mol. The standard InChI is InChI=1S/C6H9N4OP/c7-3-1-2-4-5(6(3)11)10(12)9-8-4/h3H,1-2,7,12H2. The number of Topliss-reactive ketones (excluding diaryl/α,β-unsaturated/α-hetero) is 1. The van der Waals surface area contributed by atoms with Gasteiger partial charge in [0.15, 0.2) is 5.78 Å². The number of aromatic nitrogens is 3. The Morgan fingerprint density at radius 3 is 3.17 bits per heavy atom. The highest BCUT2D eigenvalue weighted by atomic mass is 31.0. The molecule has 2 N–H and O–H groups in total. The van der Waals surface area contributed by atoms with Crippen LogP contribution in [0, 0.1) is 0 Å². The normalized spacial score (nSPS) is 22.5. The summed E-state index contributed by atoms with van der Waals surface area (Å²) in [6.45, 7) is 0. The molecule has 64 valence electrons. The Balaban J connectivity index is 2.53. The van der Waals surface area contributed by atoms with E-state index in [0.29, 0.717) is 12.1 Å². The van der Waals surface area contributed by atoms with Gasteiger partial charge in [0.1, 0.15) is 5.69 Å². The molecule has 0 fully saturated rings. The average Bonchev–Trinajstić information content (AvgIpc) is 2.41. The van der Waals surface area contributed by atoms with Gasteiger partial charge in [0.25, 0.3) is 0 Å². The zero-order valence-corrected chi connectivity index (χ0v) is 7.55. The van der Waals surface area contributed by atoms with Crippen molar-refractivity contribution in [3.8, 4) is 0 Å². The molecule has 1 aliphatic carbocycles. The Labute approximate surface area is 71.6 Å². The van der Waals surface area contributed by atoms with Crippen LogP contribution in [0.2, 0.25) is 0 Å². The Morgan fingerprint density at radius 2 is 2.42 bits per heavy atom. The summed E-state index contributed by atoms with van der Waals surface area (Å²) < 4.78 is 1.41. The first-order chi connectivity index (χ1) is 5.70. The van der Waals surface area contributed by atoms with Crippen molar-refractivity contribution in [1.29, 1.82) is 0 Å². The molecule has 6 heteroatoms. The molecule has 0 saturated heterocycles. The molecule has 0 radical (unpaired) electrons. The molecule has 0 spiro atoms. The summed E-state index contributed by atoms with van der Waals surface area (Å²) >= 11 is 0. The van der Waals surface area contributed by atoms with Gasteiger partial charge < -0.3 is 5.73 Å². The molecule has 1 heterocycles. The first kappa shape index (κ1) is 7.83. The Hall–Kier alpha value is -0.800. The molecule has 2 unspecified atom stereocenters. The predicted molar refractivity (Wildman–Crippen MR) is 45.8 cm³/mol.